The molecule has 1 aromatic heterocycles. The Morgan fingerprint density at radius 1 is 1.38 bits per heavy atom. The average molecular weight is 220 g/mol. The van der Waals surface area contributed by atoms with Gasteiger partial charge >= 0.3 is 0 Å². The third kappa shape index (κ3) is 1.40. The van der Waals surface area contributed by atoms with Crippen LogP contribution in [0.2, 0.25) is 0 Å². The van der Waals surface area contributed by atoms with Crippen molar-refractivity contribution in [2.24, 2.45) is 0 Å². The first-order valence-electron chi connectivity index (χ1n) is 4.48. The second kappa shape index (κ2) is 3.65. The number of H-pyrrole nitrogens is 1. The Bertz CT molecular complexity index is 618. The zero-order valence-electron chi connectivity index (χ0n) is 8.39. The van der Waals surface area contributed by atoms with E-state index in [0.717, 1.165) is 0 Å². The fourth-order valence-corrected chi connectivity index (χ4v) is 1.57. The van der Waals surface area contributed by atoms with Crippen LogP contribution in [-0.4, -0.2) is 17.0 Å². The number of hydrogen-bond acceptors (Lipinski definition) is 4. The standard InChI is InChI=1S/C10H8N2O4/c1-16-8-3-2-6(12(14)15)9-7(13)4-5-11-10(8)9/h2-5H,1H3,(H,11,13). The molecule has 16 heavy (non-hydrogen) atoms. The van der Waals surface area contributed by atoms with Gasteiger partial charge in [-0.3, -0.25) is 14.9 Å². The molecule has 0 amide bonds. The van der Waals surface area contributed by atoms with Crippen molar-refractivity contribution in [1.29, 1.82) is 0 Å². The van der Waals surface area contributed by atoms with Gasteiger partial charge in [0.1, 0.15) is 11.1 Å². The molecule has 0 aliphatic rings. The zero-order chi connectivity index (χ0) is 11.7. The number of non-ortho nitro benzene ring substituents is 1. The van der Waals surface area contributed by atoms with Crippen molar-refractivity contribution in [3.8, 4) is 5.75 Å². The largest absolute Gasteiger partial charge is 0.495 e. The number of benzene rings is 1. The third-order valence-corrected chi connectivity index (χ3v) is 2.27. The predicted molar refractivity (Wildman–Crippen MR) is 57.8 cm³/mol. The summed E-state index contributed by atoms with van der Waals surface area (Å²) in [4.78, 5) is 24.6. The summed E-state index contributed by atoms with van der Waals surface area (Å²) in [5.41, 5.74) is -0.291. The maximum absolute atomic E-state index is 11.6. The minimum atomic E-state index is -0.586. The van der Waals surface area contributed by atoms with Crippen LogP contribution < -0.4 is 10.2 Å². The molecule has 0 unspecified atom stereocenters. The van der Waals surface area contributed by atoms with E-state index >= 15 is 0 Å². The average Bonchev–Trinajstić information content (AvgIpc) is 2.28. The Kier molecular flexibility index (Phi) is 2.32. The van der Waals surface area contributed by atoms with Gasteiger partial charge in [-0.05, 0) is 6.07 Å². The summed E-state index contributed by atoms with van der Waals surface area (Å²) in [6.45, 7) is 0. The summed E-state index contributed by atoms with van der Waals surface area (Å²) in [7, 11) is 1.44. The van der Waals surface area contributed by atoms with Gasteiger partial charge in [-0.2, -0.15) is 0 Å². The number of aromatic nitrogens is 1. The smallest absolute Gasteiger partial charge is 0.282 e. The van der Waals surface area contributed by atoms with Crippen LogP contribution in [0, 0.1) is 10.1 Å². The number of nitrogens with zero attached hydrogens (tertiary/aromatic N) is 1. The van der Waals surface area contributed by atoms with Gasteiger partial charge in [-0.15, -0.1) is 0 Å². The normalized spacial score (nSPS) is 10.3. The van der Waals surface area contributed by atoms with E-state index in [1.807, 2.05) is 0 Å². The lowest BCUT2D eigenvalue weighted by molar-refractivity contribution is -0.383. The van der Waals surface area contributed by atoms with E-state index in [9.17, 15) is 14.9 Å². The van der Waals surface area contributed by atoms with Crippen molar-refractivity contribution in [2.45, 2.75) is 0 Å². The van der Waals surface area contributed by atoms with Gasteiger partial charge in [0.2, 0.25) is 0 Å². The third-order valence-electron chi connectivity index (χ3n) is 2.27. The molecule has 0 radical (unpaired) electrons. The Hall–Kier alpha value is -2.37. The number of hydrogen-bond donors (Lipinski definition) is 1. The fourth-order valence-electron chi connectivity index (χ4n) is 1.57. The van der Waals surface area contributed by atoms with E-state index in [1.165, 1.54) is 31.5 Å². The minimum absolute atomic E-state index is 0.0341. The van der Waals surface area contributed by atoms with E-state index in [4.69, 9.17) is 4.74 Å². The fraction of sp³-hybridized carbons (Fsp3) is 0.100. The Morgan fingerprint density at radius 2 is 2.12 bits per heavy atom. The van der Waals surface area contributed by atoms with Gasteiger partial charge in [0, 0.05) is 18.3 Å². The van der Waals surface area contributed by atoms with Crippen LogP contribution in [0.15, 0.2) is 29.2 Å². The summed E-state index contributed by atoms with van der Waals surface area (Å²) in [5, 5.41) is 10.8. The molecule has 0 aliphatic carbocycles. The van der Waals surface area contributed by atoms with Crippen LogP contribution in [0.3, 0.4) is 0 Å². The van der Waals surface area contributed by atoms with Gasteiger partial charge in [-0.1, -0.05) is 0 Å². The monoisotopic (exact) mass is 220 g/mol. The second-order valence-electron chi connectivity index (χ2n) is 3.14. The van der Waals surface area contributed by atoms with Crippen molar-refractivity contribution in [2.75, 3.05) is 7.11 Å². The lowest BCUT2D eigenvalue weighted by Crippen LogP contribution is -2.04. The van der Waals surface area contributed by atoms with E-state index in [-0.39, 0.29) is 11.1 Å². The quantitative estimate of drug-likeness (QED) is 0.613. The Labute approximate surface area is 89.6 Å². The summed E-state index contributed by atoms with van der Waals surface area (Å²) in [6, 6.07) is 3.96. The molecule has 0 aliphatic heterocycles. The lowest BCUT2D eigenvalue weighted by Gasteiger charge is -2.04. The first kappa shape index (κ1) is 10.2. The molecule has 0 spiro atoms. The number of rotatable bonds is 2. The number of nitro groups is 1. The maximum atomic E-state index is 11.6. The number of methoxy groups -OCH3 is 1. The summed E-state index contributed by atoms with van der Waals surface area (Å²) in [6.07, 6.45) is 1.43. The van der Waals surface area contributed by atoms with Crippen molar-refractivity contribution in [3.05, 3.63) is 44.7 Å². The van der Waals surface area contributed by atoms with Crippen molar-refractivity contribution < 1.29 is 9.66 Å². The SMILES string of the molecule is COc1ccc([N+](=O)[O-])c2c(=O)cc[nH]c12. The zero-order valence-corrected chi connectivity index (χ0v) is 8.39. The molecule has 2 aromatic rings. The topological polar surface area (TPSA) is 85.2 Å². The molecular formula is C10H8N2O4. The van der Waals surface area contributed by atoms with Crippen LogP contribution in [0.1, 0.15) is 0 Å². The Morgan fingerprint density at radius 3 is 2.75 bits per heavy atom. The highest BCUT2D eigenvalue weighted by molar-refractivity contribution is 5.92. The predicted octanol–water partition coefficient (Wildman–Crippen LogP) is 1.44. The number of ether oxygens (including phenoxy) is 1. The van der Waals surface area contributed by atoms with Crippen LogP contribution in [0.25, 0.3) is 10.9 Å². The van der Waals surface area contributed by atoms with E-state index in [1.54, 1.807) is 0 Å². The molecule has 6 nitrogen and oxygen atoms in total. The van der Waals surface area contributed by atoms with Crippen LogP contribution in [-0.2, 0) is 0 Å². The number of nitrogens with one attached hydrogen (secondary N) is 1. The van der Waals surface area contributed by atoms with E-state index < -0.39 is 10.4 Å². The van der Waals surface area contributed by atoms with Crippen LogP contribution in [0.4, 0.5) is 5.69 Å². The van der Waals surface area contributed by atoms with E-state index in [0.29, 0.717) is 11.3 Å². The molecule has 82 valence electrons. The molecule has 6 heteroatoms. The van der Waals surface area contributed by atoms with Crippen LogP contribution in [0.5, 0.6) is 5.75 Å². The molecule has 0 fully saturated rings. The van der Waals surface area contributed by atoms with Gasteiger partial charge in [0.25, 0.3) is 5.69 Å². The highest BCUT2D eigenvalue weighted by Gasteiger charge is 2.17. The van der Waals surface area contributed by atoms with Crippen LogP contribution >= 0.6 is 0 Å². The molecule has 0 saturated heterocycles. The maximum Gasteiger partial charge on any atom is 0.282 e. The number of fused-ring (bicyclic) bond motifs is 1. The summed E-state index contributed by atoms with van der Waals surface area (Å²) >= 11 is 0. The van der Waals surface area contributed by atoms with Crippen molar-refractivity contribution >= 4 is 16.6 Å². The molecule has 1 heterocycles. The molecule has 1 N–H and O–H groups in total. The summed E-state index contributed by atoms with van der Waals surface area (Å²) in [5.74, 6) is 0.401. The first-order chi connectivity index (χ1) is 7.65. The first-order valence-corrected chi connectivity index (χ1v) is 4.48. The molecule has 0 saturated carbocycles. The van der Waals surface area contributed by atoms with Gasteiger partial charge in [-0.25, -0.2) is 0 Å². The highest BCUT2D eigenvalue weighted by atomic mass is 16.6. The second-order valence-corrected chi connectivity index (χ2v) is 3.14. The summed E-state index contributed by atoms with van der Waals surface area (Å²) < 4.78 is 5.02. The minimum Gasteiger partial charge on any atom is -0.495 e. The number of aromatic amines is 1. The Balaban J connectivity index is 2.98. The lowest BCUT2D eigenvalue weighted by atomic mass is 10.1. The van der Waals surface area contributed by atoms with E-state index in [2.05, 4.69) is 4.98 Å². The number of nitro benzene ring substituents is 1. The highest BCUT2D eigenvalue weighted by Crippen LogP contribution is 2.28. The van der Waals surface area contributed by atoms with Gasteiger partial charge in [0.05, 0.1) is 17.5 Å². The number of pyridine rings is 1. The molecule has 2 rings (SSSR count). The molecule has 0 bridgehead atoms. The van der Waals surface area contributed by atoms with Crippen molar-refractivity contribution in [1.82, 2.24) is 4.98 Å². The molecular weight excluding hydrogens is 212 g/mol. The molecule has 1 aromatic carbocycles. The van der Waals surface area contributed by atoms with Gasteiger partial charge < -0.3 is 9.72 Å². The van der Waals surface area contributed by atoms with Gasteiger partial charge in [0.15, 0.2) is 5.43 Å². The molecule has 0 atom stereocenters. The van der Waals surface area contributed by atoms with Crippen molar-refractivity contribution in [3.63, 3.8) is 0 Å².